The zero-order valence-corrected chi connectivity index (χ0v) is 8.64. The van der Waals surface area contributed by atoms with Crippen molar-refractivity contribution in [1.82, 2.24) is 10.2 Å². The Labute approximate surface area is 87.9 Å². The maximum atomic E-state index is 11.5. The summed E-state index contributed by atoms with van der Waals surface area (Å²) in [4.78, 5) is 23.4. The molecule has 1 aliphatic heterocycles. The van der Waals surface area contributed by atoms with Gasteiger partial charge in [-0.15, -0.1) is 0 Å². The molecule has 0 saturated carbocycles. The van der Waals surface area contributed by atoms with Gasteiger partial charge in [-0.1, -0.05) is 0 Å². The summed E-state index contributed by atoms with van der Waals surface area (Å²) in [6.45, 7) is 2.24. The molecule has 2 unspecified atom stereocenters. The lowest BCUT2D eigenvalue weighted by Crippen LogP contribution is -2.50. The third-order valence-corrected chi connectivity index (χ3v) is 2.39. The van der Waals surface area contributed by atoms with Crippen molar-refractivity contribution in [3.63, 3.8) is 0 Å². The molecule has 2 atom stereocenters. The zero-order valence-electron chi connectivity index (χ0n) is 8.64. The molecule has 0 aliphatic carbocycles. The summed E-state index contributed by atoms with van der Waals surface area (Å²) in [7, 11) is 0. The molecular weight excluding hydrogens is 200 g/mol. The number of carboxylic acid groups (broad SMARTS) is 1. The van der Waals surface area contributed by atoms with E-state index < -0.39 is 24.1 Å². The number of aliphatic hydroxyl groups excluding tert-OH is 1. The number of aliphatic hydroxyl groups is 1. The highest BCUT2D eigenvalue weighted by Gasteiger charge is 2.24. The van der Waals surface area contributed by atoms with Crippen LogP contribution in [0.4, 0.5) is 4.79 Å². The van der Waals surface area contributed by atoms with E-state index in [-0.39, 0.29) is 6.54 Å². The van der Waals surface area contributed by atoms with E-state index in [1.165, 1.54) is 11.8 Å². The van der Waals surface area contributed by atoms with Gasteiger partial charge in [0.05, 0.1) is 6.10 Å². The molecule has 1 saturated heterocycles. The van der Waals surface area contributed by atoms with Crippen molar-refractivity contribution in [3.05, 3.63) is 0 Å². The van der Waals surface area contributed by atoms with E-state index in [9.17, 15) is 14.7 Å². The van der Waals surface area contributed by atoms with Gasteiger partial charge in [0.25, 0.3) is 0 Å². The largest absolute Gasteiger partial charge is 0.480 e. The van der Waals surface area contributed by atoms with Crippen LogP contribution in [0.25, 0.3) is 0 Å². The summed E-state index contributed by atoms with van der Waals surface area (Å²) in [6.07, 6.45) is 0.943. The molecule has 0 aromatic carbocycles. The molecule has 1 rings (SSSR count). The molecule has 6 nitrogen and oxygen atoms in total. The van der Waals surface area contributed by atoms with Crippen molar-refractivity contribution in [2.75, 3.05) is 13.1 Å². The van der Waals surface area contributed by atoms with Crippen LogP contribution in [0.5, 0.6) is 0 Å². The van der Waals surface area contributed by atoms with Gasteiger partial charge in [0.15, 0.2) is 0 Å². The Bertz CT molecular complexity index is 256. The molecular formula is C9H16N2O4. The summed E-state index contributed by atoms with van der Waals surface area (Å²) in [5.41, 5.74) is 0. The third kappa shape index (κ3) is 3.39. The highest BCUT2D eigenvalue weighted by molar-refractivity contribution is 5.82. The van der Waals surface area contributed by atoms with Gasteiger partial charge in [0.1, 0.15) is 6.04 Å². The number of aliphatic carboxylic acids is 1. The van der Waals surface area contributed by atoms with Crippen LogP contribution in [-0.4, -0.2) is 52.3 Å². The fourth-order valence-electron chi connectivity index (χ4n) is 1.48. The average Bonchev–Trinajstić information content (AvgIpc) is 2.17. The molecule has 0 aromatic rings. The minimum atomic E-state index is -1.07. The fraction of sp³-hybridized carbons (Fsp3) is 0.778. The lowest BCUT2D eigenvalue weighted by atomic mass is 10.1. The van der Waals surface area contributed by atoms with E-state index in [1.54, 1.807) is 0 Å². The molecule has 6 heteroatoms. The Morgan fingerprint density at radius 3 is 2.73 bits per heavy atom. The van der Waals surface area contributed by atoms with E-state index in [2.05, 4.69) is 5.32 Å². The Kier molecular flexibility index (Phi) is 3.90. The molecule has 2 amide bonds. The van der Waals surface area contributed by atoms with Crippen LogP contribution in [0.15, 0.2) is 0 Å². The van der Waals surface area contributed by atoms with Gasteiger partial charge in [-0.3, -0.25) is 4.79 Å². The van der Waals surface area contributed by atoms with Crippen LogP contribution < -0.4 is 5.32 Å². The van der Waals surface area contributed by atoms with Crippen LogP contribution in [0.1, 0.15) is 19.8 Å². The van der Waals surface area contributed by atoms with Crippen molar-refractivity contribution in [1.29, 1.82) is 0 Å². The maximum Gasteiger partial charge on any atom is 0.325 e. The van der Waals surface area contributed by atoms with Crippen molar-refractivity contribution in [3.8, 4) is 0 Å². The van der Waals surface area contributed by atoms with Gasteiger partial charge < -0.3 is 20.4 Å². The molecule has 0 radical (unpaired) electrons. The minimum absolute atomic E-state index is 0.276. The summed E-state index contributed by atoms with van der Waals surface area (Å²) in [5.74, 6) is -1.07. The lowest BCUT2D eigenvalue weighted by Gasteiger charge is -2.30. The molecule has 1 heterocycles. The van der Waals surface area contributed by atoms with Gasteiger partial charge in [-0.25, -0.2) is 4.79 Å². The summed E-state index contributed by atoms with van der Waals surface area (Å²) in [6, 6.07) is -1.33. The molecule has 15 heavy (non-hydrogen) atoms. The maximum absolute atomic E-state index is 11.5. The van der Waals surface area contributed by atoms with Crippen LogP contribution in [0, 0.1) is 0 Å². The Hall–Kier alpha value is -1.30. The first-order valence-corrected chi connectivity index (χ1v) is 4.97. The first-order chi connectivity index (χ1) is 7.00. The monoisotopic (exact) mass is 216 g/mol. The second kappa shape index (κ2) is 4.97. The Morgan fingerprint density at radius 2 is 2.20 bits per heavy atom. The number of urea groups is 1. The second-order valence-corrected chi connectivity index (χ2v) is 3.75. The molecule has 86 valence electrons. The molecule has 0 bridgehead atoms. The lowest BCUT2D eigenvalue weighted by molar-refractivity contribution is -0.138. The fourth-order valence-corrected chi connectivity index (χ4v) is 1.48. The number of rotatable bonds is 2. The zero-order chi connectivity index (χ0) is 11.4. The quantitative estimate of drug-likeness (QED) is 0.587. The summed E-state index contributed by atoms with van der Waals surface area (Å²) in [5, 5.41) is 20.3. The van der Waals surface area contributed by atoms with Crippen LogP contribution >= 0.6 is 0 Å². The highest BCUT2D eigenvalue weighted by atomic mass is 16.4. The Balaban J connectivity index is 2.42. The standard InChI is InChI=1S/C9H16N2O4/c1-6(8(13)14)10-9(15)11-4-2-3-7(12)5-11/h6-7,12H,2-5H2,1H3,(H,10,15)(H,13,14). The Morgan fingerprint density at radius 1 is 1.53 bits per heavy atom. The number of hydrogen-bond donors (Lipinski definition) is 3. The predicted octanol–water partition coefficient (Wildman–Crippen LogP) is -0.374. The summed E-state index contributed by atoms with van der Waals surface area (Å²) >= 11 is 0. The van der Waals surface area contributed by atoms with Gasteiger partial charge in [-0.2, -0.15) is 0 Å². The van der Waals surface area contributed by atoms with Gasteiger partial charge in [0, 0.05) is 13.1 Å². The van der Waals surface area contributed by atoms with E-state index >= 15 is 0 Å². The molecule has 1 fully saturated rings. The van der Waals surface area contributed by atoms with Crippen molar-refractivity contribution >= 4 is 12.0 Å². The second-order valence-electron chi connectivity index (χ2n) is 3.75. The third-order valence-electron chi connectivity index (χ3n) is 2.39. The van der Waals surface area contributed by atoms with E-state index in [0.717, 1.165) is 6.42 Å². The average molecular weight is 216 g/mol. The highest BCUT2D eigenvalue weighted by Crippen LogP contribution is 2.09. The molecule has 0 aromatic heterocycles. The summed E-state index contributed by atoms with van der Waals surface area (Å²) < 4.78 is 0. The van der Waals surface area contributed by atoms with Crippen molar-refractivity contribution in [2.24, 2.45) is 0 Å². The van der Waals surface area contributed by atoms with Crippen LogP contribution in [0.3, 0.4) is 0 Å². The van der Waals surface area contributed by atoms with Crippen molar-refractivity contribution in [2.45, 2.75) is 31.9 Å². The number of nitrogens with zero attached hydrogens (tertiary/aromatic N) is 1. The van der Waals surface area contributed by atoms with Crippen LogP contribution in [-0.2, 0) is 4.79 Å². The molecule has 3 N–H and O–H groups in total. The number of likely N-dealkylation sites (tertiary alicyclic amines) is 1. The number of hydrogen-bond acceptors (Lipinski definition) is 3. The number of β-amino-alcohol motifs (C(OH)–C–C–N with tert-alkyl or cyclic N) is 1. The van der Waals surface area contributed by atoms with E-state index in [0.29, 0.717) is 13.0 Å². The number of nitrogens with one attached hydrogen (secondary N) is 1. The van der Waals surface area contributed by atoms with E-state index in [1.807, 2.05) is 0 Å². The van der Waals surface area contributed by atoms with Gasteiger partial charge in [0.2, 0.25) is 0 Å². The van der Waals surface area contributed by atoms with Gasteiger partial charge in [-0.05, 0) is 19.8 Å². The normalized spacial score (nSPS) is 23.3. The number of carbonyl (C=O) groups is 2. The number of carboxylic acids is 1. The number of amides is 2. The molecule has 1 aliphatic rings. The predicted molar refractivity (Wildman–Crippen MR) is 52.4 cm³/mol. The minimum Gasteiger partial charge on any atom is -0.480 e. The first kappa shape index (κ1) is 11.8. The van der Waals surface area contributed by atoms with E-state index in [4.69, 9.17) is 5.11 Å². The smallest absolute Gasteiger partial charge is 0.325 e. The molecule has 0 spiro atoms. The van der Waals surface area contributed by atoms with Gasteiger partial charge >= 0.3 is 12.0 Å². The number of piperidine rings is 1. The number of carbonyl (C=O) groups excluding carboxylic acids is 1. The topological polar surface area (TPSA) is 89.9 Å². The SMILES string of the molecule is CC(NC(=O)N1CCCC(O)C1)C(=O)O. The first-order valence-electron chi connectivity index (χ1n) is 4.97. The van der Waals surface area contributed by atoms with Crippen molar-refractivity contribution < 1.29 is 19.8 Å². The van der Waals surface area contributed by atoms with Crippen LogP contribution in [0.2, 0.25) is 0 Å².